The molecule has 0 spiro atoms. The number of hydrogen-bond donors (Lipinski definition) is 2. The molecule has 8 heteroatoms. The molecule has 6 nitrogen and oxygen atoms in total. The van der Waals surface area contributed by atoms with Crippen LogP contribution in [0.25, 0.3) is 0 Å². The van der Waals surface area contributed by atoms with Gasteiger partial charge >= 0.3 is 0 Å². The number of nitrogens with two attached hydrogens (primary N) is 1. The Balaban J connectivity index is 2.36. The van der Waals surface area contributed by atoms with Gasteiger partial charge in [-0.05, 0) is 25.1 Å². The Morgan fingerprint density at radius 2 is 2.11 bits per heavy atom. The average Bonchev–Trinajstić information content (AvgIpc) is 2.62. The summed E-state index contributed by atoms with van der Waals surface area (Å²) in [6.07, 6.45) is 0. The van der Waals surface area contributed by atoms with E-state index in [4.69, 9.17) is 21.9 Å². The number of anilines is 2. The van der Waals surface area contributed by atoms with Crippen molar-refractivity contribution < 1.29 is 12.9 Å². The number of nitrogen functional groups attached to an aromatic ring is 1. The highest BCUT2D eigenvalue weighted by Gasteiger charge is 2.19. The predicted octanol–water partition coefficient (Wildman–Crippen LogP) is 2.02. The first-order valence-electron chi connectivity index (χ1n) is 4.89. The van der Waals surface area contributed by atoms with Crippen LogP contribution in [0.4, 0.5) is 11.6 Å². The maximum atomic E-state index is 12.0. The third-order valence-electron chi connectivity index (χ3n) is 2.12. The minimum atomic E-state index is -3.81. The van der Waals surface area contributed by atoms with Gasteiger partial charge in [-0.3, -0.25) is 0 Å². The summed E-state index contributed by atoms with van der Waals surface area (Å²) in [5.74, 6) is 0.0295. The molecule has 2 rings (SSSR count). The van der Waals surface area contributed by atoms with Gasteiger partial charge in [-0.1, -0.05) is 16.8 Å². The number of nitrogens with zero attached hydrogens (tertiary/aromatic N) is 1. The second-order valence-corrected chi connectivity index (χ2v) is 5.71. The molecule has 0 aliphatic heterocycles. The van der Waals surface area contributed by atoms with Gasteiger partial charge in [0.1, 0.15) is 4.90 Å². The van der Waals surface area contributed by atoms with E-state index >= 15 is 0 Å². The molecule has 0 saturated carbocycles. The van der Waals surface area contributed by atoms with Gasteiger partial charge in [-0.25, -0.2) is 13.1 Å². The monoisotopic (exact) mass is 287 g/mol. The molecule has 18 heavy (non-hydrogen) atoms. The zero-order chi connectivity index (χ0) is 13.3. The van der Waals surface area contributed by atoms with Crippen LogP contribution in [0, 0.1) is 6.92 Å². The number of aryl methyl sites for hydroxylation is 1. The van der Waals surface area contributed by atoms with Crippen molar-refractivity contribution in [2.24, 2.45) is 0 Å². The number of nitrogens with one attached hydrogen (secondary N) is 1. The Labute approximate surface area is 109 Å². The Morgan fingerprint density at radius 1 is 1.39 bits per heavy atom. The van der Waals surface area contributed by atoms with Crippen LogP contribution >= 0.6 is 11.6 Å². The number of benzene rings is 1. The Hall–Kier alpha value is -1.73. The fourth-order valence-corrected chi connectivity index (χ4v) is 2.63. The Bertz CT molecular complexity index is 681. The van der Waals surface area contributed by atoms with Gasteiger partial charge in [0, 0.05) is 11.1 Å². The van der Waals surface area contributed by atoms with E-state index in [1.54, 1.807) is 6.92 Å². The van der Waals surface area contributed by atoms with Crippen molar-refractivity contribution in [2.75, 3.05) is 10.5 Å². The van der Waals surface area contributed by atoms with E-state index in [-0.39, 0.29) is 16.5 Å². The minimum Gasteiger partial charge on any atom is -0.398 e. The lowest BCUT2D eigenvalue weighted by Crippen LogP contribution is -2.14. The molecule has 96 valence electrons. The molecule has 0 bridgehead atoms. The molecule has 0 aliphatic carbocycles. The lowest BCUT2D eigenvalue weighted by molar-refractivity contribution is 0.430. The van der Waals surface area contributed by atoms with Gasteiger partial charge in [0.2, 0.25) is 5.88 Å². The van der Waals surface area contributed by atoms with Gasteiger partial charge in [-0.2, -0.15) is 0 Å². The van der Waals surface area contributed by atoms with Gasteiger partial charge in [-0.15, -0.1) is 0 Å². The van der Waals surface area contributed by atoms with E-state index < -0.39 is 10.0 Å². The molecule has 3 N–H and O–H groups in total. The fourth-order valence-electron chi connectivity index (χ4n) is 1.36. The van der Waals surface area contributed by atoms with Crippen LogP contribution in [-0.4, -0.2) is 13.6 Å². The topological polar surface area (TPSA) is 98.2 Å². The maximum absolute atomic E-state index is 12.0. The summed E-state index contributed by atoms with van der Waals surface area (Å²) in [6.45, 7) is 1.68. The molecule has 1 aromatic carbocycles. The van der Waals surface area contributed by atoms with Crippen LogP contribution < -0.4 is 10.5 Å². The summed E-state index contributed by atoms with van der Waals surface area (Å²) < 4.78 is 31.1. The highest BCUT2D eigenvalue weighted by atomic mass is 35.5. The number of sulfonamides is 1. The predicted molar refractivity (Wildman–Crippen MR) is 67.9 cm³/mol. The number of halogens is 1. The van der Waals surface area contributed by atoms with Crippen molar-refractivity contribution in [1.82, 2.24) is 5.16 Å². The Kier molecular flexibility index (Phi) is 3.18. The summed E-state index contributed by atoms with van der Waals surface area (Å²) in [4.78, 5) is -0.0686. The van der Waals surface area contributed by atoms with E-state index in [1.807, 2.05) is 0 Å². The molecule has 0 saturated heterocycles. The molecule has 0 atom stereocenters. The molecule has 2 aromatic rings. The zero-order valence-corrected chi connectivity index (χ0v) is 10.9. The van der Waals surface area contributed by atoms with E-state index in [1.165, 1.54) is 24.3 Å². The van der Waals surface area contributed by atoms with Crippen LogP contribution in [0.2, 0.25) is 5.02 Å². The third kappa shape index (κ3) is 2.57. The van der Waals surface area contributed by atoms with Gasteiger partial charge < -0.3 is 10.3 Å². The van der Waals surface area contributed by atoms with Crippen molar-refractivity contribution in [2.45, 2.75) is 11.8 Å². The average molecular weight is 288 g/mol. The normalized spacial score (nSPS) is 11.4. The molecule has 0 amide bonds. The van der Waals surface area contributed by atoms with Crippen LogP contribution in [0.3, 0.4) is 0 Å². The highest BCUT2D eigenvalue weighted by molar-refractivity contribution is 7.92. The molecule has 0 fully saturated rings. The van der Waals surface area contributed by atoms with E-state index in [0.29, 0.717) is 10.7 Å². The first kappa shape index (κ1) is 12.7. The minimum absolute atomic E-state index is 0.0295. The maximum Gasteiger partial charge on any atom is 0.266 e. The highest BCUT2D eigenvalue weighted by Crippen LogP contribution is 2.24. The molecule has 0 radical (unpaired) electrons. The van der Waals surface area contributed by atoms with Crippen LogP contribution in [0.15, 0.2) is 33.7 Å². The first-order valence-corrected chi connectivity index (χ1v) is 6.76. The second-order valence-electron chi connectivity index (χ2n) is 3.62. The smallest absolute Gasteiger partial charge is 0.266 e. The van der Waals surface area contributed by atoms with E-state index in [9.17, 15) is 8.42 Å². The molecular formula is C10H10ClN3O3S. The van der Waals surface area contributed by atoms with Crippen LogP contribution in [0.5, 0.6) is 0 Å². The van der Waals surface area contributed by atoms with Gasteiger partial charge in [0.15, 0.2) is 0 Å². The van der Waals surface area contributed by atoms with Crippen LogP contribution in [-0.2, 0) is 10.0 Å². The van der Waals surface area contributed by atoms with Gasteiger partial charge in [0.05, 0.1) is 11.4 Å². The number of rotatable bonds is 3. The molecule has 0 aliphatic rings. The van der Waals surface area contributed by atoms with Crippen molar-refractivity contribution in [3.05, 3.63) is 35.0 Å². The lowest BCUT2D eigenvalue weighted by atomic mass is 10.3. The lowest BCUT2D eigenvalue weighted by Gasteiger charge is -2.07. The second kappa shape index (κ2) is 4.51. The van der Waals surface area contributed by atoms with Gasteiger partial charge in [0.25, 0.3) is 10.0 Å². The molecule has 1 heterocycles. The fraction of sp³-hybridized carbons (Fsp3) is 0.100. The summed E-state index contributed by atoms with van der Waals surface area (Å²) in [5.41, 5.74) is 6.24. The molecular weight excluding hydrogens is 278 g/mol. The number of aromatic nitrogens is 1. The first-order chi connectivity index (χ1) is 8.38. The van der Waals surface area contributed by atoms with Crippen molar-refractivity contribution in [1.29, 1.82) is 0 Å². The summed E-state index contributed by atoms with van der Waals surface area (Å²) in [6, 6.07) is 5.59. The summed E-state index contributed by atoms with van der Waals surface area (Å²) in [5, 5.41) is 3.94. The van der Waals surface area contributed by atoms with Crippen LogP contribution in [0.1, 0.15) is 5.69 Å². The van der Waals surface area contributed by atoms with Crippen molar-refractivity contribution in [3.63, 3.8) is 0 Å². The van der Waals surface area contributed by atoms with E-state index in [0.717, 1.165) is 0 Å². The van der Waals surface area contributed by atoms with Crippen molar-refractivity contribution >= 4 is 33.2 Å². The number of hydrogen-bond acceptors (Lipinski definition) is 5. The third-order valence-corrected chi connectivity index (χ3v) is 3.78. The SMILES string of the molecule is Cc1cc(NS(=O)(=O)c2ccc(Cl)cc2N)on1. The largest absolute Gasteiger partial charge is 0.398 e. The summed E-state index contributed by atoms with van der Waals surface area (Å²) >= 11 is 5.71. The Morgan fingerprint density at radius 3 is 2.67 bits per heavy atom. The van der Waals surface area contributed by atoms with E-state index in [2.05, 4.69) is 9.88 Å². The standard InChI is InChI=1S/C10H10ClN3O3S/c1-6-4-10(17-13-6)14-18(15,16)9-3-2-7(11)5-8(9)12/h2-5,14H,12H2,1H3. The van der Waals surface area contributed by atoms with Crippen molar-refractivity contribution in [3.8, 4) is 0 Å². The zero-order valence-electron chi connectivity index (χ0n) is 9.34. The molecule has 0 unspecified atom stereocenters. The summed E-state index contributed by atoms with van der Waals surface area (Å²) in [7, 11) is -3.81. The quantitative estimate of drug-likeness (QED) is 0.842. The molecule has 1 aromatic heterocycles.